The monoisotopic (exact) mass is 707 g/mol. The zero-order chi connectivity index (χ0) is 37.5. The summed E-state index contributed by atoms with van der Waals surface area (Å²) >= 11 is 0. The van der Waals surface area contributed by atoms with Gasteiger partial charge in [0.05, 0.1) is 12.2 Å². The van der Waals surface area contributed by atoms with Crippen molar-refractivity contribution in [3.63, 3.8) is 0 Å². The van der Waals surface area contributed by atoms with Gasteiger partial charge in [-0.3, -0.25) is 0 Å². The smallest absolute Gasteiger partial charge is 0.340 e. The van der Waals surface area contributed by atoms with Crippen molar-refractivity contribution in [1.82, 2.24) is 0 Å². The van der Waals surface area contributed by atoms with Gasteiger partial charge in [0.1, 0.15) is 5.75 Å². The van der Waals surface area contributed by atoms with E-state index in [0.717, 1.165) is 71.9 Å². The fraction of sp³-hybridized carbons (Fsp3) is 0.298. The van der Waals surface area contributed by atoms with Crippen LogP contribution in [0.3, 0.4) is 0 Å². The maximum Gasteiger partial charge on any atom is 0.340 e. The van der Waals surface area contributed by atoms with Gasteiger partial charge in [-0.1, -0.05) is 60.2 Å². The molecule has 1 unspecified atom stereocenters. The summed E-state index contributed by atoms with van der Waals surface area (Å²) in [7, 11) is 0. The number of carbonyl (C=O) groups excluding carboxylic acids is 1. The summed E-state index contributed by atoms with van der Waals surface area (Å²) in [6.45, 7) is 19.9. The number of cyclic esters (lactones) is 1. The Labute approximate surface area is 316 Å². The third-order valence-electron chi connectivity index (χ3n) is 10.4. The zero-order valence-corrected chi connectivity index (χ0v) is 32.4. The van der Waals surface area contributed by atoms with Gasteiger partial charge >= 0.3 is 5.97 Å². The van der Waals surface area contributed by atoms with E-state index in [9.17, 15) is 4.79 Å². The average Bonchev–Trinajstić information content (AvgIpc) is 3.48. The van der Waals surface area contributed by atoms with Gasteiger partial charge in [0.15, 0.2) is 5.60 Å². The Kier molecular flexibility index (Phi) is 11.6. The molecule has 0 radical (unpaired) electrons. The number of aryl methyl sites for hydroxylation is 1. The van der Waals surface area contributed by atoms with Crippen LogP contribution in [0.4, 0.5) is 22.7 Å². The highest BCUT2D eigenvalue weighted by molar-refractivity contribution is 5.97. The summed E-state index contributed by atoms with van der Waals surface area (Å²) < 4.78 is 13.1. The number of hydrogen-bond donors (Lipinski definition) is 0. The molecule has 0 saturated heterocycles. The summed E-state index contributed by atoms with van der Waals surface area (Å²) in [5, 5.41) is 0. The largest absolute Gasteiger partial charge is 0.493 e. The number of hydrogen-bond acceptors (Lipinski definition) is 6. The van der Waals surface area contributed by atoms with Gasteiger partial charge in [-0.05, 0) is 126 Å². The predicted molar refractivity (Wildman–Crippen MR) is 221 cm³/mol. The highest BCUT2D eigenvalue weighted by Crippen LogP contribution is 2.49. The van der Waals surface area contributed by atoms with Gasteiger partial charge in [-0.15, -0.1) is 0 Å². The van der Waals surface area contributed by atoms with Gasteiger partial charge < -0.3 is 24.2 Å². The number of rotatable bonds is 15. The molecule has 0 saturated carbocycles. The molecule has 1 atom stereocenters. The molecule has 6 nitrogen and oxygen atoms in total. The van der Waals surface area contributed by atoms with E-state index in [1.54, 1.807) is 0 Å². The molecule has 0 bridgehead atoms. The Balaban J connectivity index is 1.59. The van der Waals surface area contributed by atoms with Crippen LogP contribution in [0, 0.1) is 6.92 Å². The molecule has 1 aliphatic heterocycles. The lowest BCUT2D eigenvalue weighted by Gasteiger charge is -2.31. The molecular weight excluding hydrogens is 655 g/mol. The van der Waals surface area contributed by atoms with Gasteiger partial charge in [-0.2, -0.15) is 0 Å². The van der Waals surface area contributed by atoms with Crippen molar-refractivity contribution in [2.24, 2.45) is 0 Å². The van der Waals surface area contributed by atoms with Gasteiger partial charge in [0.2, 0.25) is 0 Å². The van der Waals surface area contributed by atoms with E-state index in [1.165, 1.54) is 16.9 Å². The molecular formula is C47H53N3O3. The van der Waals surface area contributed by atoms with Crippen molar-refractivity contribution in [3.8, 4) is 5.75 Å². The molecule has 5 aromatic carbocycles. The molecule has 0 aliphatic carbocycles. The lowest BCUT2D eigenvalue weighted by atomic mass is 9.81. The minimum atomic E-state index is -1.26. The molecule has 5 aromatic rings. The van der Waals surface area contributed by atoms with E-state index >= 15 is 0 Å². The van der Waals surface area contributed by atoms with Crippen molar-refractivity contribution in [3.05, 3.63) is 155 Å². The molecule has 53 heavy (non-hydrogen) atoms. The van der Waals surface area contributed by atoms with Crippen LogP contribution in [0.2, 0.25) is 0 Å². The van der Waals surface area contributed by atoms with Crippen LogP contribution in [0.25, 0.3) is 5.57 Å². The molecule has 0 aromatic heterocycles. The third-order valence-corrected chi connectivity index (χ3v) is 10.4. The second-order valence-electron chi connectivity index (χ2n) is 13.4. The van der Waals surface area contributed by atoms with E-state index in [1.807, 2.05) is 31.2 Å². The quantitative estimate of drug-likeness (QED) is 0.101. The first-order valence-electron chi connectivity index (χ1n) is 19.2. The highest BCUT2D eigenvalue weighted by atomic mass is 16.6. The third kappa shape index (κ3) is 7.41. The molecule has 0 spiro atoms. The predicted octanol–water partition coefficient (Wildman–Crippen LogP) is 10.8. The molecule has 6 heteroatoms. The number of nitrogens with zero attached hydrogens (tertiary/aromatic N) is 3. The highest BCUT2D eigenvalue weighted by Gasteiger charge is 2.47. The Morgan fingerprint density at radius 3 is 1.68 bits per heavy atom. The van der Waals surface area contributed by atoms with E-state index in [-0.39, 0.29) is 5.97 Å². The standard InChI is InChI=1S/C47H53N3O3/c1-8-48(9-2)37-26-20-35(21-27-37)42(36-22-28-38(29-23-36)49(10-3)11-4)33-47(43-17-15-14-16-41(43)46(51)53-47)44-31-30-40(32-45(44)52-13-6)50(12-5)39-24-18-34(7)19-25-39/h14-33H,8-13H2,1-7H3. The van der Waals surface area contributed by atoms with Gasteiger partial charge in [0.25, 0.3) is 0 Å². The second-order valence-corrected chi connectivity index (χ2v) is 13.4. The summed E-state index contributed by atoms with van der Waals surface area (Å²) in [5.41, 5.74) is 9.55. The first-order valence-corrected chi connectivity index (χ1v) is 19.2. The van der Waals surface area contributed by atoms with E-state index in [4.69, 9.17) is 9.47 Å². The Morgan fingerprint density at radius 1 is 0.623 bits per heavy atom. The van der Waals surface area contributed by atoms with Crippen molar-refractivity contribution < 1.29 is 14.3 Å². The van der Waals surface area contributed by atoms with E-state index in [0.29, 0.717) is 17.9 Å². The zero-order valence-electron chi connectivity index (χ0n) is 32.4. The Morgan fingerprint density at radius 2 is 1.15 bits per heavy atom. The summed E-state index contributed by atoms with van der Waals surface area (Å²) in [4.78, 5) is 20.8. The van der Waals surface area contributed by atoms with E-state index < -0.39 is 5.60 Å². The minimum Gasteiger partial charge on any atom is -0.493 e. The number of anilines is 4. The topological polar surface area (TPSA) is 45.2 Å². The molecule has 0 amide bonds. The first kappa shape index (κ1) is 37.3. The first-order chi connectivity index (χ1) is 25.8. The number of ether oxygens (including phenoxy) is 2. The fourth-order valence-electron chi connectivity index (χ4n) is 7.54. The van der Waals surface area contributed by atoms with Crippen molar-refractivity contribution in [1.29, 1.82) is 0 Å². The number of carbonyl (C=O) groups is 1. The molecule has 0 fully saturated rings. The molecule has 274 valence electrons. The molecule has 6 rings (SSSR count). The van der Waals surface area contributed by atoms with Crippen LogP contribution in [-0.4, -0.2) is 45.3 Å². The summed E-state index contributed by atoms with van der Waals surface area (Å²) in [6.07, 6.45) is 2.14. The lowest BCUT2D eigenvalue weighted by molar-refractivity contribution is 0.0269. The minimum absolute atomic E-state index is 0.355. The summed E-state index contributed by atoms with van der Waals surface area (Å²) in [5.74, 6) is 0.316. The van der Waals surface area contributed by atoms with Crippen LogP contribution in [0.1, 0.15) is 79.7 Å². The SMILES string of the molecule is CCOc1cc(N(CC)c2ccc(C)cc2)ccc1C1(C=C(c2ccc(N(CC)CC)cc2)c2ccc(N(CC)CC)cc2)OC(=O)c2ccccc21. The number of esters is 1. The molecule has 1 aliphatic rings. The fourth-order valence-corrected chi connectivity index (χ4v) is 7.54. The molecule has 0 N–H and O–H groups in total. The van der Waals surface area contributed by atoms with Crippen LogP contribution >= 0.6 is 0 Å². The van der Waals surface area contributed by atoms with Crippen molar-refractivity contribution in [2.75, 3.05) is 54.0 Å². The van der Waals surface area contributed by atoms with Crippen LogP contribution in [-0.2, 0) is 10.3 Å². The normalized spacial score (nSPS) is 14.7. The maximum atomic E-state index is 13.9. The Hall–Kier alpha value is -5.49. The number of fused-ring (bicyclic) bond motifs is 1. The van der Waals surface area contributed by atoms with Crippen LogP contribution in [0.5, 0.6) is 5.75 Å². The average molecular weight is 708 g/mol. The maximum absolute atomic E-state index is 13.9. The van der Waals surface area contributed by atoms with Crippen molar-refractivity contribution in [2.45, 2.75) is 54.1 Å². The number of benzene rings is 5. The van der Waals surface area contributed by atoms with Gasteiger partial charge in [-0.25, -0.2) is 4.79 Å². The summed E-state index contributed by atoms with van der Waals surface area (Å²) in [6, 6.07) is 40.1. The van der Waals surface area contributed by atoms with Gasteiger partial charge in [0, 0.05) is 72.7 Å². The lowest BCUT2D eigenvalue weighted by Crippen LogP contribution is -2.27. The Bertz CT molecular complexity index is 1970. The molecule has 1 heterocycles. The van der Waals surface area contributed by atoms with E-state index in [2.05, 4.69) is 153 Å². The van der Waals surface area contributed by atoms with Crippen LogP contribution in [0.15, 0.2) is 121 Å². The van der Waals surface area contributed by atoms with Crippen LogP contribution < -0.4 is 19.4 Å². The van der Waals surface area contributed by atoms with Crippen molar-refractivity contribution >= 4 is 34.3 Å². The second kappa shape index (κ2) is 16.5.